The zero-order valence-electron chi connectivity index (χ0n) is 18.4. The van der Waals surface area contributed by atoms with Gasteiger partial charge in [-0.1, -0.05) is 6.92 Å². The Balaban J connectivity index is 1.41. The van der Waals surface area contributed by atoms with E-state index in [0.717, 1.165) is 0 Å². The van der Waals surface area contributed by atoms with Crippen molar-refractivity contribution in [2.24, 2.45) is 5.92 Å². The molecule has 33 heavy (non-hydrogen) atoms. The highest BCUT2D eigenvalue weighted by Gasteiger charge is 2.34. The first-order valence-corrected chi connectivity index (χ1v) is 12.3. The van der Waals surface area contributed by atoms with Crippen LogP contribution >= 0.6 is 0 Å². The van der Waals surface area contributed by atoms with Crippen LogP contribution in [0.25, 0.3) is 0 Å². The average Bonchev–Trinajstić information content (AvgIpc) is 2.80. The van der Waals surface area contributed by atoms with E-state index in [2.05, 4.69) is 10.6 Å². The fraction of sp³-hybridized carbons (Fsp3) is 0.391. The summed E-state index contributed by atoms with van der Waals surface area (Å²) >= 11 is 0. The van der Waals surface area contributed by atoms with Crippen LogP contribution in [0.1, 0.15) is 31.7 Å². The molecule has 2 heterocycles. The number of hydrogen-bond donors (Lipinski definition) is 2. The predicted octanol–water partition coefficient (Wildman–Crippen LogP) is 3.28. The molecule has 0 saturated carbocycles. The van der Waals surface area contributed by atoms with Crippen LogP contribution in [0, 0.1) is 18.7 Å². The first-order valence-electron chi connectivity index (χ1n) is 10.9. The van der Waals surface area contributed by atoms with Gasteiger partial charge in [-0.25, -0.2) is 12.8 Å². The summed E-state index contributed by atoms with van der Waals surface area (Å²) in [5, 5.41) is 5.52. The molecule has 176 valence electrons. The lowest BCUT2D eigenvalue weighted by Crippen LogP contribution is -2.41. The Morgan fingerprint density at radius 1 is 1.21 bits per heavy atom. The monoisotopic (exact) mass is 475 g/mol. The van der Waals surface area contributed by atoms with E-state index in [1.165, 1.54) is 34.6 Å². The molecule has 0 radical (unpaired) electrons. The number of rotatable bonds is 5. The van der Waals surface area contributed by atoms with Crippen molar-refractivity contribution in [3.8, 4) is 5.75 Å². The summed E-state index contributed by atoms with van der Waals surface area (Å²) in [5.74, 6) is -0.791. The number of ether oxygens (including phenoxy) is 1. The molecule has 0 aliphatic carbocycles. The molecule has 0 spiro atoms. The molecule has 10 heteroatoms. The van der Waals surface area contributed by atoms with Crippen LogP contribution in [0.15, 0.2) is 41.3 Å². The number of nitrogens with one attached hydrogen (secondary N) is 2. The van der Waals surface area contributed by atoms with Crippen LogP contribution in [0.3, 0.4) is 0 Å². The van der Waals surface area contributed by atoms with Gasteiger partial charge in [-0.2, -0.15) is 4.31 Å². The number of carbonyl (C=O) groups is 2. The van der Waals surface area contributed by atoms with E-state index in [-0.39, 0.29) is 41.5 Å². The maximum atomic E-state index is 13.3. The minimum atomic E-state index is -3.80. The lowest BCUT2D eigenvalue weighted by molar-refractivity contribution is -0.123. The molecule has 2 amide bonds. The molecular formula is C23H26FN3O5S. The molecule has 1 atom stereocenters. The highest BCUT2D eigenvalue weighted by Crippen LogP contribution is 2.34. The number of hydrogen-bond acceptors (Lipinski definition) is 5. The van der Waals surface area contributed by atoms with Gasteiger partial charge in [-0.15, -0.1) is 0 Å². The number of carbonyl (C=O) groups excluding carboxylic acids is 2. The number of piperidine rings is 1. The van der Waals surface area contributed by atoms with Gasteiger partial charge in [0.05, 0.1) is 10.6 Å². The Hall–Kier alpha value is -2.98. The summed E-state index contributed by atoms with van der Waals surface area (Å²) < 4.78 is 46.6. The summed E-state index contributed by atoms with van der Waals surface area (Å²) in [4.78, 5) is 24.8. The van der Waals surface area contributed by atoms with Crippen molar-refractivity contribution in [1.29, 1.82) is 0 Å². The van der Waals surface area contributed by atoms with Crippen molar-refractivity contribution in [2.75, 3.05) is 23.7 Å². The summed E-state index contributed by atoms with van der Waals surface area (Å²) in [6.07, 6.45) is 0.653. The molecule has 2 aliphatic rings. The van der Waals surface area contributed by atoms with E-state index in [1.54, 1.807) is 13.0 Å². The lowest BCUT2D eigenvalue weighted by Gasteiger charge is -2.31. The van der Waals surface area contributed by atoms with Crippen molar-refractivity contribution in [1.82, 2.24) is 4.31 Å². The summed E-state index contributed by atoms with van der Waals surface area (Å²) in [5.41, 5.74) is 1.49. The molecule has 0 bridgehead atoms. The maximum Gasteiger partial charge on any atom is 0.265 e. The highest BCUT2D eigenvalue weighted by molar-refractivity contribution is 7.89. The normalized spacial score (nSPS) is 19.4. The minimum absolute atomic E-state index is 0.0601. The van der Waals surface area contributed by atoms with Crippen molar-refractivity contribution >= 4 is 33.2 Å². The van der Waals surface area contributed by atoms with Gasteiger partial charge in [-0.3, -0.25) is 9.59 Å². The number of amides is 2. The van der Waals surface area contributed by atoms with E-state index in [1.807, 2.05) is 6.92 Å². The molecule has 2 N–H and O–H groups in total. The van der Waals surface area contributed by atoms with E-state index in [0.29, 0.717) is 42.0 Å². The zero-order chi connectivity index (χ0) is 23.8. The minimum Gasteiger partial charge on any atom is -0.478 e. The van der Waals surface area contributed by atoms with Crippen molar-refractivity contribution in [3.63, 3.8) is 0 Å². The summed E-state index contributed by atoms with van der Waals surface area (Å²) in [6.45, 7) is 3.93. The van der Waals surface area contributed by atoms with Gasteiger partial charge in [0.2, 0.25) is 15.9 Å². The number of benzene rings is 2. The van der Waals surface area contributed by atoms with Crippen molar-refractivity contribution < 1.29 is 27.1 Å². The quantitative estimate of drug-likeness (QED) is 0.691. The van der Waals surface area contributed by atoms with Gasteiger partial charge in [0.15, 0.2) is 6.10 Å². The Morgan fingerprint density at radius 2 is 1.94 bits per heavy atom. The van der Waals surface area contributed by atoms with Gasteiger partial charge >= 0.3 is 0 Å². The largest absolute Gasteiger partial charge is 0.478 e. The molecule has 1 saturated heterocycles. The van der Waals surface area contributed by atoms with E-state index in [9.17, 15) is 22.4 Å². The first kappa shape index (κ1) is 23.2. The van der Waals surface area contributed by atoms with E-state index < -0.39 is 16.1 Å². The molecular weight excluding hydrogens is 449 g/mol. The van der Waals surface area contributed by atoms with E-state index in [4.69, 9.17) is 4.74 Å². The number of anilines is 2. The van der Waals surface area contributed by atoms with Crippen LogP contribution in [-0.4, -0.2) is 43.7 Å². The number of sulfonamides is 1. The third kappa shape index (κ3) is 4.72. The summed E-state index contributed by atoms with van der Waals surface area (Å²) in [7, 11) is -3.80. The van der Waals surface area contributed by atoms with Gasteiger partial charge < -0.3 is 15.4 Å². The Kier molecular flexibility index (Phi) is 6.40. The molecule has 4 rings (SSSR count). The van der Waals surface area contributed by atoms with Crippen molar-refractivity contribution in [3.05, 3.63) is 47.8 Å². The second-order valence-corrected chi connectivity index (χ2v) is 10.2. The van der Waals surface area contributed by atoms with Gasteiger partial charge in [0, 0.05) is 24.7 Å². The van der Waals surface area contributed by atoms with Crippen LogP contribution in [-0.2, 0) is 19.6 Å². The maximum absolute atomic E-state index is 13.3. The van der Waals surface area contributed by atoms with E-state index >= 15 is 0 Å². The van der Waals surface area contributed by atoms with Crippen LogP contribution in [0.2, 0.25) is 0 Å². The van der Waals surface area contributed by atoms with Crippen LogP contribution < -0.4 is 15.4 Å². The molecule has 0 aromatic heterocycles. The lowest BCUT2D eigenvalue weighted by atomic mass is 9.97. The first-order chi connectivity index (χ1) is 15.7. The fourth-order valence-corrected chi connectivity index (χ4v) is 5.56. The third-order valence-electron chi connectivity index (χ3n) is 6.05. The van der Waals surface area contributed by atoms with Gasteiger partial charge in [0.25, 0.3) is 5.91 Å². The fourth-order valence-electron chi connectivity index (χ4n) is 4.07. The zero-order valence-corrected chi connectivity index (χ0v) is 19.2. The molecule has 2 aromatic carbocycles. The standard InChI is InChI=1S/C23H26FN3O5S/c1-3-20-23(29)26-19-13-17(5-7-21(19)32-20)33(30,31)27-10-8-15(9-11-27)22(28)25-18-6-4-16(24)12-14(18)2/h4-7,12-13,15,20H,3,8-11H2,1-2H3,(H,25,28)(H,26,29). The summed E-state index contributed by atoms with van der Waals surface area (Å²) in [6, 6.07) is 8.57. The Morgan fingerprint density at radius 3 is 2.61 bits per heavy atom. The van der Waals surface area contributed by atoms with Gasteiger partial charge in [-0.05, 0) is 68.1 Å². The molecule has 1 fully saturated rings. The SMILES string of the molecule is CCC1Oc2ccc(S(=O)(=O)N3CCC(C(=O)Nc4ccc(F)cc4C)CC3)cc2NC1=O. The van der Waals surface area contributed by atoms with Crippen LogP contribution in [0.4, 0.5) is 15.8 Å². The average molecular weight is 476 g/mol. The number of aryl methyl sites for hydroxylation is 1. The number of halogens is 1. The Bertz CT molecular complexity index is 1190. The number of fused-ring (bicyclic) bond motifs is 1. The molecule has 2 aliphatic heterocycles. The second-order valence-electron chi connectivity index (χ2n) is 8.29. The molecule has 1 unspecified atom stereocenters. The number of nitrogens with zero attached hydrogens (tertiary/aromatic N) is 1. The van der Waals surface area contributed by atoms with Crippen LogP contribution in [0.5, 0.6) is 5.75 Å². The smallest absolute Gasteiger partial charge is 0.265 e. The third-order valence-corrected chi connectivity index (χ3v) is 7.94. The van der Waals surface area contributed by atoms with Gasteiger partial charge in [0.1, 0.15) is 11.6 Å². The van der Waals surface area contributed by atoms with Crippen molar-refractivity contribution in [2.45, 2.75) is 44.1 Å². The Labute approximate surface area is 192 Å². The molecule has 2 aromatic rings. The molecule has 8 nitrogen and oxygen atoms in total. The second kappa shape index (κ2) is 9.11. The predicted molar refractivity (Wildman–Crippen MR) is 121 cm³/mol. The topological polar surface area (TPSA) is 105 Å². The highest BCUT2D eigenvalue weighted by atomic mass is 32.2.